The van der Waals surface area contributed by atoms with E-state index in [1.807, 2.05) is 0 Å². The highest BCUT2D eigenvalue weighted by molar-refractivity contribution is 5.36. The van der Waals surface area contributed by atoms with Crippen LogP contribution in [0.5, 0.6) is 0 Å². The second-order valence-corrected chi connectivity index (χ2v) is 0.423. The zero-order valence-electron chi connectivity index (χ0n) is 2.73. The molecular formula is C3H4N2. The van der Waals surface area contributed by atoms with Gasteiger partial charge in [-0.25, -0.2) is 5.41 Å². The van der Waals surface area contributed by atoms with Crippen molar-refractivity contribution in [2.45, 2.75) is 0 Å². The van der Waals surface area contributed by atoms with Crippen molar-refractivity contribution in [1.29, 1.82) is 5.41 Å². The molecule has 0 amide bonds. The molecule has 0 aromatic heterocycles. The third-order valence-electron chi connectivity index (χ3n) is 0.156. The highest BCUT2D eigenvalue weighted by Crippen LogP contribution is 1.53. The first-order valence-electron chi connectivity index (χ1n) is 1.14. The molecule has 0 saturated carbocycles. The van der Waals surface area contributed by atoms with Crippen LogP contribution in [0.25, 0.3) is 0 Å². The fraction of sp³-hybridized carbons (Fsp3) is 0. The Balaban J connectivity index is 3.31. The maximum Gasteiger partial charge on any atom is 0.0911 e. The van der Waals surface area contributed by atoms with E-state index in [2.05, 4.69) is 11.6 Å². The molecule has 0 aliphatic rings. The van der Waals surface area contributed by atoms with Crippen LogP contribution < -0.4 is 0 Å². The summed E-state index contributed by atoms with van der Waals surface area (Å²) in [7, 11) is 0. The van der Waals surface area contributed by atoms with Gasteiger partial charge in [0.25, 0.3) is 0 Å². The van der Waals surface area contributed by atoms with Crippen molar-refractivity contribution in [2.24, 2.45) is 4.99 Å². The van der Waals surface area contributed by atoms with E-state index < -0.39 is 0 Å². The lowest BCUT2D eigenvalue weighted by molar-refractivity contribution is 1.51. The molecule has 0 saturated heterocycles. The number of hydrogen-bond donors (Lipinski definition) is 1. The van der Waals surface area contributed by atoms with Gasteiger partial charge in [0.05, 0.1) is 6.01 Å². The Morgan fingerprint density at radius 1 is 2.00 bits per heavy atom. The number of hydrogen-bond acceptors (Lipinski definition) is 2. The highest BCUT2D eigenvalue weighted by Gasteiger charge is 1.36. The van der Waals surface area contributed by atoms with Gasteiger partial charge in [0.2, 0.25) is 0 Å². The number of aliphatic imine (C=N–C) groups is 1. The van der Waals surface area contributed by atoms with Gasteiger partial charge >= 0.3 is 0 Å². The summed E-state index contributed by atoms with van der Waals surface area (Å²) in [4.78, 5) is 3.15. The Morgan fingerprint density at radius 2 is 2.60 bits per heavy atom. The maximum absolute atomic E-state index is 6.11. The van der Waals surface area contributed by atoms with Crippen molar-refractivity contribution < 1.29 is 0 Å². The lowest BCUT2D eigenvalue weighted by Gasteiger charge is -1.48. The largest absolute Gasteiger partial charge is 0.241 e. The first kappa shape index (κ1) is 4.12. The van der Waals surface area contributed by atoms with Crippen LogP contribution in [-0.4, -0.2) is 6.01 Å². The van der Waals surface area contributed by atoms with Gasteiger partial charge in [-0.2, -0.15) is 4.99 Å². The molecule has 0 unspecified atom stereocenters. The van der Waals surface area contributed by atoms with Crippen LogP contribution in [0.1, 0.15) is 0 Å². The average Bonchev–Trinajstić information content (AvgIpc) is 1.41. The Bertz CT molecular complexity index is 69.0. The van der Waals surface area contributed by atoms with E-state index in [9.17, 15) is 0 Å². The topological polar surface area (TPSA) is 36.2 Å². The quantitative estimate of drug-likeness (QED) is 0.443. The fourth-order valence-corrected chi connectivity index (χ4v) is 0.0456. The SMILES string of the molecule is C=CN=C=N. The molecule has 26 valence electrons. The standard InChI is InChI=1S/C3H4N2/c1-2-5-3-4/h2,4H,1H2. The van der Waals surface area contributed by atoms with E-state index in [0.717, 1.165) is 0 Å². The number of nitrogens with zero attached hydrogens (tertiary/aromatic N) is 1. The summed E-state index contributed by atoms with van der Waals surface area (Å²) in [6.07, 6.45) is 1.26. The normalized spacial score (nSPS) is 4.80. The Kier molecular flexibility index (Phi) is 2.57. The zero-order chi connectivity index (χ0) is 4.12. The third kappa shape index (κ3) is 3.12. The van der Waals surface area contributed by atoms with Crippen molar-refractivity contribution in [3.63, 3.8) is 0 Å². The van der Waals surface area contributed by atoms with Crippen LogP contribution in [-0.2, 0) is 0 Å². The monoisotopic (exact) mass is 68.0 g/mol. The predicted molar refractivity (Wildman–Crippen MR) is 20.4 cm³/mol. The summed E-state index contributed by atoms with van der Waals surface area (Å²) < 4.78 is 0. The van der Waals surface area contributed by atoms with Crippen molar-refractivity contribution >= 4 is 6.01 Å². The summed E-state index contributed by atoms with van der Waals surface area (Å²) in [5.41, 5.74) is 0. The molecule has 0 aliphatic carbocycles. The van der Waals surface area contributed by atoms with Crippen LogP contribution in [0.2, 0.25) is 0 Å². The van der Waals surface area contributed by atoms with Crippen LogP contribution in [0.3, 0.4) is 0 Å². The Morgan fingerprint density at radius 3 is 2.60 bits per heavy atom. The van der Waals surface area contributed by atoms with Gasteiger partial charge < -0.3 is 0 Å². The Hall–Kier alpha value is -0.880. The summed E-state index contributed by atoms with van der Waals surface area (Å²) >= 11 is 0. The van der Waals surface area contributed by atoms with Crippen LogP contribution in [0.4, 0.5) is 0 Å². The smallest absolute Gasteiger partial charge is 0.0911 e. The molecule has 0 atom stereocenters. The van der Waals surface area contributed by atoms with E-state index in [1.165, 1.54) is 6.20 Å². The van der Waals surface area contributed by atoms with Crippen molar-refractivity contribution in [3.05, 3.63) is 12.8 Å². The lowest BCUT2D eigenvalue weighted by Crippen LogP contribution is -1.35. The van der Waals surface area contributed by atoms with Gasteiger partial charge in [0.1, 0.15) is 0 Å². The molecule has 0 rings (SSSR count). The van der Waals surface area contributed by atoms with Gasteiger partial charge in [0, 0.05) is 6.20 Å². The van der Waals surface area contributed by atoms with E-state index in [4.69, 9.17) is 5.41 Å². The summed E-state index contributed by atoms with van der Waals surface area (Å²) in [5, 5.41) is 6.11. The van der Waals surface area contributed by atoms with Gasteiger partial charge in [-0.15, -0.1) is 0 Å². The highest BCUT2D eigenvalue weighted by atomic mass is 14.7. The fourth-order valence-electron chi connectivity index (χ4n) is 0.0456. The molecule has 1 N–H and O–H groups in total. The van der Waals surface area contributed by atoms with E-state index >= 15 is 0 Å². The number of rotatable bonds is 1. The van der Waals surface area contributed by atoms with Crippen LogP contribution >= 0.6 is 0 Å². The first-order chi connectivity index (χ1) is 2.41. The Labute approximate surface area is 30.4 Å². The molecule has 0 radical (unpaired) electrons. The van der Waals surface area contributed by atoms with Crippen LogP contribution in [0, 0.1) is 5.41 Å². The minimum Gasteiger partial charge on any atom is -0.241 e. The second kappa shape index (κ2) is 3.12. The molecule has 2 heteroatoms. The summed E-state index contributed by atoms with van der Waals surface area (Å²) in [5.74, 6) is 0. The first-order valence-corrected chi connectivity index (χ1v) is 1.14. The molecule has 2 nitrogen and oxygen atoms in total. The van der Waals surface area contributed by atoms with Crippen LogP contribution in [0.15, 0.2) is 17.8 Å². The average molecular weight is 68.1 g/mol. The summed E-state index contributed by atoms with van der Waals surface area (Å²) in [6.45, 7) is 3.20. The van der Waals surface area contributed by atoms with Gasteiger partial charge in [-0.3, -0.25) is 0 Å². The molecule has 0 spiro atoms. The van der Waals surface area contributed by atoms with E-state index in [-0.39, 0.29) is 0 Å². The maximum atomic E-state index is 6.11. The summed E-state index contributed by atoms with van der Waals surface area (Å²) in [6, 6.07) is 1.77. The molecular weight excluding hydrogens is 64.0 g/mol. The molecule has 0 aromatic carbocycles. The van der Waals surface area contributed by atoms with Crippen molar-refractivity contribution in [3.8, 4) is 0 Å². The minimum atomic E-state index is 1.26. The van der Waals surface area contributed by atoms with Gasteiger partial charge in [-0.1, -0.05) is 6.58 Å². The third-order valence-corrected chi connectivity index (χ3v) is 0.156. The molecule has 0 heterocycles. The second-order valence-electron chi connectivity index (χ2n) is 0.423. The van der Waals surface area contributed by atoms with E-state index in [0.29, 0.717) is 0 Å². The molecule has 0 aromatic rings. The molecule has 0 aliphatic heterocycles. The van der Waals surface area contributed by atoms with Gasteiger partial charge in [-0.05, 0) is 0 Å². The number of nitrogens with one attached hydrogen (secondary N) is 1. The van der Waals surface area contributed by atoms with E-state index in [1.54, 1.807) is 6.01 Å². The lowest BCUT2D eigenvalue weighted by atomic mass is 11.1. The molecule has 0 fully saturated rings. The molecule has 5 heavy (non-hydrogen) atoms. The van der Waals surface area contributed by atoms with Gasteiger partial charge in [0.15, 0.2) is 0 Å². The predicted octanol–water partition coefficient (Wildman–Crippen LogP) is 0.883. The van der Waals surface area contributed by atoms with Crippen molar-refractivity contribution in [1.82, 2.24) is 0 Å². The zero-order valence-corrected chi connectivity index (χ0v) is 2.73. The minimum absolute atomic E-state index is 1.26. The molecule has 0 bridgehead atoms. The van der Waals surface area contributed by atoms with Crippen molar-refractivity contribution in [2.75, 3.05) is 0 Å².